The number of benzene rings is 1. The monoisotopic (exact) mass is 333 g/mol. The number of carbonyl (C=O) groups is 1. The van der Waals surface area contributed by atoms with E-state index in [9.17, 15) is 9.90 Å². The molecule has 24 heavy (non-hydrogen) atoms. The molecule has 1 amide bonds. The third-order valence-electron chi connectivity index (χ3n) is 4.72. The zero-order valence-electron chi connectivity index (χ0n) is 15.4. The van der Waals surface area contributed by atoms with Crippen LogP contribution in [0.4, 0.5) is 0 Å². The number of hydrogen-bond donors (Lipinski definition) is 2. The molecule has 0 radical (unpaired) electrons. The highest BCUT2D eigenvalue weighted by atomic mass is 16.3. The maximum Gasteiger partial charge on any atom is 0.251 e. The minimum Gasteiger partial charge on any atom is -0.390 e. The van der Waals surface area contributed by atoms with Crippen molar-refractivity contribution in [2.45, 2.75) is 38.3 Å². The molecular weight excluding hydrogens is 302 g/mol. The van der Waals surface area contributed by atoms with Gasteiger partial charge in [-0.05, 0) is 58.5 Å². The highest BCUT2D eigenvalue weighted by Crippen LogP contribution is 2.14. The van der Waals surface area contributed by atoms with Crippen molar-refractivity contribution in [2.24, 2.45) is 0 Å². The molecule has 1 aliphatic heterocycles. The van der Waals surface area contributed by atoms with Gasteiger partial charge in [-0.15, -0.1) is 0 Å². The van der Waals surface area contributed by atoms with E-state index in [4.69, 9.17) is 0 Å². The Balaban J connectivity index is 1.84. The second kappa shape index (κ2) is 8.10. The Morgan fingerprint density at radius 2 is 1.92 bits per heavy atom. The third kappa shape index (κ3) is 5.89. The SMILES string of the molecule is CN1CCN(C)[C@@H](CNC(=O)c2ccc(CCC(C)(C)O)cc2)C1. The van der Waals surface area contributed by atoms with Crippen LogP contribution in [0.3, 0.4) is 0 Å². The fraction of sp³-hybridized carbons (Fsp3) is 0.632. The zero-order chi connectivity index (χ0) is 17.7. The molecule has 2 N–H and O–H groups in total. The minimum atomic E-state index is -0.658. The summed E-state index contributed by atoms with van der Waals surface area (Å²) in [6.07, 6.45) is 1.52. The largest absolute Gasteiger partial charge is 0.390 e. The lowest BCUT2D eigenvalue weighted by Crippen LogP contribution is -2.54. The van der Waals surface area contributed by atoms with Gasteiger partial charge in [-0.3, -0.25) is 9.69 Å². The van der Waals surface area contributed by atoms with Crippen LogP contribution < -0.4 is 5.32 Å². The van der Waals surface area contributed by atoms with Crippen molar-refractivity contribution in [3.63, 3.8) is 0 Å². The molecule has 2 rings (SSSR count). The van der Waals surface area contributed by atoms with Crippen LogP contribution in [0, 0.1) is 0 Å². The number of nitrogens with one attached hydrogen (secondary N) is 1. The Bertz CT molecular complexity index is 537. The lowest BCUT2D eigenvalue weighted by molar-refractivity contribution is 0.0713. The molecule has 1 atom stereocenters. The topological polar surface area (TPSA) is 55.8 Å². The number of aliphatic hydroxyl groups is 1. The first-order chi connectivity index (χ1) is 11.2. The summed E-state index contributed by atoms with van der Waals surface area (Å²) in [5, 5.41) is 12.8. The van der Waals surface area contributed by atoms with Crippen LogP contribution in [0.25, 0.3) is 0 Å². The number of hydrogen-bond acceptors (Lipinski definition) is 4. The molecule has 1 saturated heterocycles. The average Bonchev–Trinajstić information content (AvgIpc) is 2.53. The van der Waals surface area contributed by atoms with E-state index < -0.39 is 5.60 Å². The van der Waals surface area contributed by atoms with Gasteiger partial charge in [0.2, 0.25) is 0 Å². The van der Waals surface area contributed by atoms with Crippen LogP contribution in [0.5, 0.6) is 0 Å². The van der Waals surface area contributed by atoms with Crippen molar-refractivity contribution >= 4 is 5.91 Å². The highest BCUT2D eigenvalue weighted by molar-refractivity contribution is 5.94. The van der Waals surface area contributed by atoms with E-state index >= 15 is 0 Å². The van der Waals surface area contributed by atoms with Crippen molar-refractivity contribution < 1.29 is 9.90 Å². The van der Waals surface area contributed by atoms with Gasteiger partial charge in [0.1, 0.15) is 0 Å². The molecule has 5 nitrogen and oxygen atoms in total. The van der Waals surface area contributed by atoms with Crippen LogP contribution in [0.1, 0.15) is 36.2 Å². The number of amides is 1. The molecule has 1 fully saturated rings. The normalized spacial score (nSPS) is 20.1. The predicted molar refractivity (Wildman–Crippen MR) is 97.3 cm³/mol. The molecule has 1 heterocycles. The third-order valence-corrected chi connectivity index (χ3v) is 4.72. The molecule has 0 aromatic heterocycles. The molecule has 0 saturated carbocycles. The summed E-state index contributed by atoms with van der Waals surface area (Å²) in [6, 6.07) is 8.04. The molecule has 0 aliphatic carbocycles. The van der Waals surface area contributed by atoms with Gasteiger partial charge in [-0.25, -0.2) is 0 Å². The Labute approximate surface area is 145 Å². The number of rotatable bonds is 6. The first-order valence-corrected chi connectivity index (χ1v) is 8.73. The molecule has 0 bridgehead atoms. The molecule has 0 spiro atoms. The Morgan fingerprint density at radius 3 is 2.54 bits per heavy atom. The van der Waals surface area contributed by atoms with E-state index in [1.165, 1.54) is 0 Å². The Kier molecular flexibility index (Phi) is 6.38. The van der Waals surface area contributed by atoms with E-state index in [0.29, 0.717) is 24.6 Å². The quantitative estimate of drug-likeness (QED) is 0.825. The first-order valence-electron chi connectivity index (χ1n) is 8.73. The maximum atomic E-state index is 12.3. The van der Waals surface area contributed by atoms with Crippen molar-refractivity contribution in [1.82, 2.24) is 15.1 Å². The van der Waals surface area contributed by atoms with E-state index in [0.717, 1.165) is 31.6 Å². The Morgan fingerprint density at radius 1 is 1.25 bits per heavy atom. The molecule has 1 aromatic rings. The smallest absolute Gasteiger partial charge is 0.251 e. The standard InChI is InChI=1S/C19H31N3O2/c1-19(2,24)10-9-15-5-7-16(8-6-15)18(23)20-13-17-14-21(3)11-12-22(17)4/h5-8,17,24H,9-14H2,1-4H3,(H,20,23)/t17-/m0/s1. The average molecular weight is 333 g/mol. The summed E-state index contributed by atoms with van der Waals surface area (Å²) in [6.45, 7) is 7.38. The van der Waals surface area contributed by atoms with Gasteiger partial charge < -0.3 is 15.3 Å². The predicted octanol–water partition coefficient (Wildman–Crippen LogP) is 1.37. The summed E-state index contributed by atoms with van der Waals surface area (Å²) in [5.41, 5.74) is 1.17. The molecule has 134 valence electrons. The van der Waals surface area contributed by atoms with Crippen LogP contribution >= 0.6 is 0 Å². The van der Waals surface area contributed by atoms with E-state index in [2.05, 4.69) is 29.2 Å². The van der Waals surface area contributed by atoms with E-state index in [1.54, 1.807) is 0 Å². The van der Waals surface area contributed by atoms with Gasteiger partial charge in [0.05, 0.1) is 5.60 Å². The minimum absolute atomic E-state index is 0.0225. The highest BCUT2D eigenvalue weighted by Gasteiger charge is 2.22. The maximum absolute atomic E-state index is 12.3. The Hall–Kier alpha value is -1.43. The van der Waals surface area contributed by atoms with Crippen LogP contribution in [0.2, 0.25) is 0 Å². The van der Waals surface area contributed by atoms with E-state index in [-0.39, 0.29) is 5.91 Å². The number of carbonyl (C=O) groups excluding carboxylic acids is 1. The van der Waals surface area contributed by atoms with Crippen molar-refractivity contribution in [3.05, 3.63) is 35.4 Å². The summed E-state index contributed by atoms with van der Waals surface area (Å²) in [7, 11) is 4.23. The molecule has 1 aliphatic rings. The van der Waals surface area contributed by atoms with Gasteiger partial charge in [-0.2, -0.15) is 0 Å². The second-order valence-corrected chi connectivity index (χ2v) is 7.62. The lowest BCUT2D eigenvalue weighted by atomic mass is 9.98. The van der Waals surface area contributed by atoms with Gasteiger partial charge in [0.15, 0.2) is 0 Å². The van der Waals surface area contributed by atoms with Gasteiger partial charge in [0, 0.05) is 37.8 Å². The number of likely N-dealkylation sites (N-methyl/N-ethyl adjacent to an activating group) is 2. The first kappa shape index (κ1) is 18.9. The molecular formula is C19H31N3O2. The molecule has 1 aromatic carbocycles. The molecule has 0 unspecified atom stereocenters. The van der Waals surface area contributed by atoms with Crippen molar-refractivity contribution in [1.29, 1.82) is 0 Å². The van der Waals surface area contributed by atoms with E-state index in [1.807, 2.05) is 38.1 Å². The van der Waals surface area contributed by atoms with Crippen molar-refractivity contribution in [3.8, 4) is 0 Å². The fourth-order valence-corrected chi connectivity index (χ4v) is 2.91. The van der Waals surface area contributed by atoms with Gasteiger partial charge in [-0.1, -0.05) is 12.1 Å². The molecule has 5 heteroatoms. The van der Waals surface area contributed by atoms with Gasteiger partial charge in [0.25, 0.3) is 5.91 Å². The van der Waals surface area contributed by atoms with Gasteiger partial charge >= 0.3 is 0 Å². The van der Waals surface area contributed by atoms with Crippen LogP contribution in [0.15, 0.2) is 24.3 Å². The number of piperazine rings is 1. The lowest BCUT2D eigenvalue weighted by Gasteiger charge is -2.37. The van der Waals surface area contributed by atoms with Crippen LogP contribution in [-0.2, 0) is 6.42 Å². The number of aryl methyl sites for hydroxylation is 1. The number of nitrogens with zero attached hydrogens (tertiary/aromatic N) is 2. The summed E-state index contributed by atoms with van der Waals surface area (Å²) in [4.78, 5) is 16.9. The second-order valence-electron chi connectivity index (χ2n) is 7.62. The fourth-order valence-electron chi connectivity index (χ4n) is 2.91. The summed E-state index contributed by atoms with van der Waals surface area (Å²) in [5.74, 6) is -0.0225. The summed E-state index contributed by atoms with van der Waals surface area (Å²) >= 11 is 0. The summed E-state index contributed by atoms with van der Waals surface area (Å²) < 4.78 is 0. The van der Waals surface area contributed by atoms with Crippen LogP contribution in [-0.4, -0.2) is 72.7 Å². The zero-order valence-corrected chi connectivity index (χ0v) is 15.4. The van der Waals surface area contributed by atoms with Crippen molar-refractivity contribution in [2.75, 3.05) is 40.3 Å².